The number of carbonyl (C=O) groups is 1. The first-order valence-electron chi connectivity index (χ1n) is 5.75. The van der Waals surface area contributed by atoms with Crippen molar-refractivity contribution < 1.29 is 9.53 Å². The third-order valence-corrected chi connectivity index (χ3v) is 3.16. The van der Waals surface area contributed by atoms with Gasteiger partial charge in [0.15, 0.2) is 0 Å². The van der Waals surface area contributed by atoms with Crippen LogP contribution in [0, 0.1) is 0 Å². The van der Waals surface area contributed by atoms with Gasteiger partial charge in [0, 0.05) is 6.42 Å². The van der Waals surface area contributed by atoms with Crippen molar-refractivity contribution in [2.45, 2.75) is 25.8 Å². The van der Waals surface area contributed by atoms with Crippen molar-refractivity contribution >= 4 is 23.3 Å². The molecule has 17 heavy (non-hydrogen) atoms. The highest BCUT2D eigenvalue weighted by Crippen LogP contribution is 2.18. The fourth-order valence-corrected chi connectivity index (χ4v) is 2.29. The van der Waals surface area contributed by atoms with Gasteiger partial charge < -0.3 is 4.74 Å². The van der Waals surface area contributed by atoms with E-state index in [1.165, 1.54) is 5.56 Å². The van der Waals surface area contributed by atoms with Crippen molar-refractivity contribution in [2.24, 2.45) is 0 Å². The molecule has 1 heterocycles. The number of nitrogens with zero attached hydrogens (tertiary/aromatic N) is 1. The molecule has 1 aromatic rings. The molecule has 2 rings (SSSR count). The summed E-state index contributed by atoms with van der Waals surface area (Å²) < 4.78 is 5.31. The van der Waals surface area contributed by atoms with Crippen LogP contribution < -0.4 is 0 Å². The topological polar surface area (TPSA) is 29.5 Å². The molecule has 3 nitrogen and oxygen atoms in total. The molecule has 1 aromatic carbocycles. The van der Waals surface area contributed by atoms with Crippen LogP contribution in [-0.4, -0.2) is 28.6 Å². The second-order valence-corrected chi connectivity index (χ2v) is 4.39. The van der Waals surface area contributed by atoms with Crippen molar-refractivity contribution in [2.75, 3.05) is 6.61 Å². The molecular weight excluding hydrogens is 234 g/mol. The molecular formula is C13H15NO2S. The number of carbonyl (C=O) groups excluding carboxylic acids is 1. The molecule has 1 atom stereocenters. The Balaban J connectivity index is 2.10. The lowest BCUT2D eigenvalue weighted by atomic mass is 10.1. The van der Waals surface area contributed by atoms with Crippen LogP contribution in [0.15, 0.2) is 30.3 Å². The van der Waals surface area contributed by atoms with Crippen molar-refractivity contribution in [1.82, 2.24) is 4.90 Å². The van der Waals surface area contributed by atoms with E-state index in [4.69, 9.17) is 17.0 Å². The van der Waals surface area contributed by atoms with E-state index < -0.39 is 0 Å². The Labute approximate surface area is 106 Å². The first-order chi connectivity index (χ1) is 8.22. The van der Waals surface area contributed by atoms with E-state index in [1.54, 1.807) is 4.90 Å². The Morgan fingerprint density at radius 2 is 2.18 bits per heavy atom. The van der Waals surface area contributed by atoms with Crippen LogP contribution in [0.3, 0.4) is 0 Å². The van der Waals surface area contributed by atoms with Gasteiger partial charge in [0.1, 0.15) is 6.61 Å². The van der Waals surface area contributed by atoms with Gasteiger partial charge in [-0.1, -0.05) is 37.3 Å². The summed E-state index contributed by atoms with van der Waals surface area (Å²) in [6.07, 6.45) is 1.24. The average molecular weight is 249 g/mol. The third kappa shape index (κ3) is 2.64. The van der Waals surface area contributed by atoms with Crippen LogP contribution in [0.1, 0.15) is 18.9 Å². The maximum Gasteiger partial charge on any atom is 0.266 e. The lowest BCUT2D eigenvalue weighted by molar-refractivity contribution is -0.127. The summed E-state index contributed by atoms with van der Waals surface area (Å²) in [5.74, 6) is 0.0356. The summed E-state index contributed by atoms with van der Waals surface area (Å²) in [6.45, 7) is 2.34. The lowest BCUT2D eigenvalue weighted by Crippen LogP contribution is -2.39. The fraction of sp³-hybridized carbons (Fsp3) is 0.385. The van der Waals surface area contributed by atoms with Gasteiger partial charge in [-0.2, -0.15) is 0 Å². The smallest absolute Gasteiger partial charge is 0.266 e. The van der Waals surface area contributed by atoms with Crippen LogP contribution in [0.2, 0.25) is 0 Å². The molecule has 1 fully saturated rings. The van der Waals surface area contributed by atoms with Crippen LogP contribution >= 0.6 is 12.2 Å². The highest BCUT2D eigenvalue weighted by atomic mass is 32.1. The summed E-state index contributed by atoms with van der Waals surface area (Å²) in [7, 11) is 0. The van der Waals surface area contributed by atoms with E-state index in [0.717, 1.165) is 6.42 Å². The number of rotatable bonds is 3. The molecule has 1 amide bonds. The summed E-state index contributed by atoms with van der Waals surface area (Å²) in [5, 5.41) is 0.317. The zero-order valence-corrected chi connectivity index (χ0v) is 10.6. The minimum absolute atomic E-state index is 0.0356. The molecule has 1 aliphatic heterocycles. The Kier molecular flexibility index (Phi) is 3.74. The van der Waals surface area contributed by atoms with Crippen LogP contribution in [0.4, 0.5) is 0 Å². The molecule has 0 unspecified atom stereocenters. The zero-order chi connectivity index (χ0) is 12.3. The van der Waals surface area contributed by atoms with Crippen molar-refractivity contribution in [3.63, 3.8) is 0 Å². The maximum absolute atomic E-state index is 11.8. The van der Waals surface area contributed by atoms with Crippen LogP contribution in [0.25, 0.3) is 0 Å². The lowest BCUT2D eigenvalue weighted by Gasteiger charge is -2.20. The second-order valence-electron chi connectivity index (χ2n) is 4.04. The predicted molar refractivity (Wildman–Crippen MR) is 69.6 cm³/mol. The first kappa shape index (κ1) is 12.0. The molecule has 1 saturated heterocycles. The molecule has 0 aliphatic carbocycles. The third-order valence-electron chi connectivity index (χ3n) is 2.85. The minimum atomic E-state index is 0.0356. The number of amides is 1. The summed E-state index contributed by atoms with van der Waals surface area (Å²) >= 11 is 5.06. The molecule has 0 aromatic heterocycles. The highest BCUT2D eigenvalue weighted by molar-refractivity contribution is 7.80. The van der Waals surface area contributed by atoms with Gasteiger partial charge in [-0.15, -0.1) is 0 Å². The summed E-state index contributed by atoms with van der Waals surface area (Å²) in [5.41, 5.74) is 1.19. The van der Waals surface area contributed by atoms with Gasteiger partial charge >= 0.3 is 0 Å². The van der Waals surface area contributed by atoms with Crippen molar-refractivity contribution in [3.05, 3.63) is 35.9 Å². The molecule has 4 heteroatoms. The van der Waals surface area contributed by atoms with Crippen molar-refractivity contribution in [3.8, 4) is 0 Å². The first-order valence-corrected chi connectivity index (χ1v) is 6.16. The van der Waals surface area contributed by atoms with Gasteiger partial charge in [-0.3, -0.25) is 9.69 Å². The van der Waals surface area contributed by atoms with Gasteiger partial charge in [-0.05, 0) is 24.2 Å². The molecule has 1 aliphatic rings. The monoisotopic (exact) mass is 249 g/mol. The number of benzene rings is 1. The van der Waals surface area contributed by atoms with Gasteiger partial charge in [0.05, 0.1) is 6.04 Å². The standard InChI is InChI=1S/C13H15NO2S/c1-2-12(15)14-11(9-16-13(14)17)8-10-6-4-3-5-7-10/h3-7,11H,2,8-9H2,1H3/t11-/m1/s1. The minimum Gasteiger partial charge on any atom is -0.468 e. The number of ether oxygens (including phenoxy) is 1. The summed E-state index contributed by atoms with van der Waals surface area (Å²) in [6, 6.07) is 10.1. The maximum atomic E-state index is 11.8. The van der Waals surface area contributed by atoms with Gasteiger partial charge in [0.2, 0.25) is 5.91 Å². The van der Waals surface area contributed by atoms with E-state index >= 15 is 0 Å². The van der Waals surface area contributed by atoms with Gasteiger partial charge in [0.25, 0.3) is 5.17 Å². The molecule has 0 saturated carbocycles. The van der Waals surface area contributed by atoms with E-state index in [1.807, 2.05) is 25.1 Å². The van der Waals surface area contributed by atoms with Gasteiger partial charge in [-0.25, -0.2) is 0 Å². The molecule has 90 valence electrons. The Hall–Kier alpha value is -1.42. The summed E-state index contributed by atoms with van der Waals surface area (Å²) in [4.78, 5) is 13.4. The van der Waals surface area contributed by atoms with E-state index in [2.05, 4.69) is 12.1 Å². The predicted octanol–water partition coefficient (Wildman–Crippen LogP) is 2.15. The van der Waals surface area contributed by atoms with E-state index in [9.17, 15) is 4.79 Å². The van der Waals surface area contributed by atoms with E-state index in [-0.39, 0.29) is 11.9 Å². The Morgan fingerprint density at radius 1 is 1.47 bits per heavy atom. The molecule has 0 bridgehead atoms. The highest BCUT2D eigenvalue weighted by Gasteiger charge is 2.33. The van der Waals surface area contributed by atoms with Crippen LogP contribution in [-0.2, 0) is 16.0 Å². The zero-order valence-electron chi connectivity index (χ0n) is 9.76. The molecule has 0 radical (unpaired) electrons. The van der Waals surface area contributed by atoms with Crippen molar-refractivity contribution in [1.29, 1.82) is 0 Å². The number of thiocarbonyl (C=S) groups is 1. The normalized spacial score (nSPS) is 19.2. The molecule has 0 spiro atoms. The largest absolute Gasteiger partial charge is 0.468 e. The quantitative estimate of drug-likeness (QED) is 0.769. The Morgan fingerprint density at radius 3 is 2.82 bits per heavy atom. The second kappa shape index (κ2) is 5.27. The number of hydrogen-bond acceptors (Lipinski definition) is 3. The molecule has 0 N–H and O–H groups in total. The Bertz CT molecular complexity index is 419. The average Bonchev–Trinajstić information content (AvgIpc) is 2.71. The number of hydrogen-bond donors (Lipinski definition) is 0. The van der Waals surface area contributed by atoms with E-state index in [0.29, 0.717) is 18.2 Å². The fourth-order valence-electron chi connectivity index (χ4n) is 1.97. The SMILES string of the molecule is CCC(=O)N1C(=S)OC[C@H]1Cc1ccccc1. The van der Waals surface area contributed by atoms with Crippen LogP contribution in [0.5, 0.6) is 0 Å².